The van der Waals surface area contributed by atoms with Crippen LogP contribution in [0.3, 0.4) is 0 Å². The second-order valence-corrected chi connectivity index (χ2v) is 8.88. The van der Waals surface area contributed by atoms with E-state index in [9.17, 15) is 19.5 Å². The number of carboxylic acid groups (broad SMARTS) is 1. The van der Waals surface area contributed by atoms with E-state index in [4.69, 9.17) is 9.47 Å². The summed E-state index contributed by atoms with van der Waals surface area (Å²) in [5, 5.41) is 12.0. The number of fused-ring (bicyclic) bond motifs is 3. The molecule has 0 bridgehead atoms. The number of aliphatic carboxylic acids is 1. The monoisotopic (exact) mass is 466 g/mol. The van der Waals surface area contributed by atoms with Crippen molar-refractivity contribution >= 4 is 18.0 Å². The molecule has 1 aliphatic heterocycles. The van der Waals surface area contributed by atoms with Gasteiger partial charge >= 0.3 is 12.1 Å². The van der Waals surface area contributed by atoms with Crippen molar-refractivity contribution in [2.24, 2.45) is 5.92 Å². The lowest BCUT2D eigenvalue weighted by Gasteiger charge is -2.35. The molecule has 0 spiro atoms. The van der Waals surface area contributed by atoms with Crippen molar-refractivity contribution in [2.45, 2.75) is 31.7 Å². The van der Waals surface area contributed by atoms with Gasteiger partial charge in [0.2, 0.25) is 5.91 Å². The Morgan fingerprint density at radius 3 is 2.35 bits per heavy atom. The Labute approximate surface area is 198 Å². The number of hydrogen-bond acceptors (Lipinski definition) is 5. The van der Waals surface area contributed by atoms with E-state index in [1.54, 1.807) is 0 Å². The lowest BCUT2D eigenvalue weighted by Crippen LogP contribution is -2.51. The first-order chi connectivity index (χ1) is 16.5. The van der Waals surface area contributed by atoms with Crippen molar-refractivity contribution in [1.29, 1.82) is 0 Å². The number of nitrogens with one attached hydrogen (secondary N) is 1. The number of ether oxygens (including phenoxy) is 2. The van der Waals surface area contributed by atoms with Gasteiger partial charge in [-0.3, -0.25) is 4.79 Å². The number of benzene rings is 2. The molecular weight excluding hydrogens is 436 g/mol. The predicted octanol–water partition coefficient (Wildman–Crippen LogP) is 3.25. The summed E-state index contributed by atoms with van der Waals surface area (Å²) < 4.78 is 10.8. The third-order valence-corrected chi connectivity index (χ3v) is 6.56. The first kappa shape index (κ1) is 23.8. The Hall–Kier alpha value is -3.39. The minimum atomic E-state index is -0.989. The van der Waals surface area contributed by atoms with Crippen molar-refractivity contribution in [3.05, 3.63) is 59.7 Å². The third-order valence-electron chi connectivity index (χ3n) is 6.56. The number of nitrogens with zero attached hydrogens (tertiary/aromatic N) is 1. The van der Waals surface area contributed by atoms with E-state index in [0.29, 0.717) is 13.0 Å². The second-order valence-electron chi connectivity index (χ2n) is 8.88. The molecule has 0 aromatic heterocycles. The molecule has 8 heteroatoms. The molecule has 2 aliphatic rings. The van der Waals surface area contributed by atoms with Crippen molar-refractivity contribution in [1.82, 2.24) is 10.2 Å². The van der Waals surface area contributed by atoms with E-state index >= 15 is 0 Å². The number of piperidine rings is 1. The number of likely N-dealkylation sites (tertiary alicyclic amines) is 1. The van der Waals surface area contributed by atoms with E-state index < -0.39 is 18.1 Å². The summed E-state index contributed by atoms with van der Waals surface area (Å²) in [5.74, 6) is -1.08. The predicted molar refractivity (Wildman–Crippen MR) is 125 cm³/mol. The molecule has 2 aromatic rings. The van der Waals surface area contributed by atoms with Crippen molar-refractivity contribution in [2.75, 3.05) is 32.9 Å². The maximum atomic E-state index is 12.4. The number of rotatable bonds is 8. The van der Waals surface area contributed by atoms with E-state index in [2.05, 4.69) is 29.6 Å². The van der Waals surface area contributed by atoms with Crippen molar-refractivity contribution in [3.63, 3.8) is 0 Å². The second kappa shape index (κ2) is 10.7. The van der Waals surface area contributed by atoms with E-state index in [1.807, 2.05) is 31.2 Å². The Morgan fingerprint density at radius 2 is 1.71 bits per heavy atom. The topological polar surface area (TPSA) is 105 Å². The number of hydrogen-bond donors (Lipinski definition) is 2. The molecule has 0 radical (unpaired) electrons. The third kappa shape index (κ3) is 5.22. The van der Waals surface area contributed by atoms with Crippen LogP contribution in [0.15, 0.2) is 48.5 Å². The van der Waals surface area contributed by atoms with Crippen molar-refractivity contribution in [3.8, 4) is 11.1 Å². The molecule has 8 nitrogen and oxygen atoms in total. The molecule has 2 unspecified atom stereocenters. The van der Waals surface area contributed by atoms with Gasteiger partial charge in [0.1, 0.15) is 19.3 Å². The van der Waals surface area contributed by atoms with Crippen LogP contribution in [0.25, 0.3) is 11.1 Å². The maximum absolute atomic E-state index is 12.4. The highest BCUT2D eigenvalue weighted by molar-refractivity contribution is 5.84. The summed E-state index contributed by atoms with van der Waals surface area (Å²) in [4.78, 5) is 37.4. The summed E-state index contributed by atoms with van der Waals surface area (Å²) in [6.07, 6.45) is 0.677. The smallest absolute Gasteiger partial charge is 0.407 e. The van der Waals surface area contributed by atoms with Crippen LogP contribution < -0.4 is 5.32 Å². The van der Waals surface area contributed by atoms with Crippen LogP contribution in [-0.4, -0.2) is 66.9 Å². The van der Waals surface area contributed by atoms with E-state index in [0.717, 1.165) is 17.5 Å². The van der Waals surface area contributed by atoms with Crippen LogP contribution in [0, 0.1) is 5.92 Å². The van der Waals surface area contributed by atoms with Gasteiger partial charge in [-0.1, -0.05) is 55.5 Å². The summed E-state index contributed by atoms with van der Waals surface area (Å²) in [6, 6.07) is 15.5. The van der Waals surface area contributed by atoms with Gasteiger partial charge < -0.3 is 24.8 Å². The van der Waals surface area contributed by atoms with Gasteiger partial charge in [-0.2, -0.15) is 0 Å². The van der Waals surface area contributed by atoms with Gasteiger partial charge in [0.25, 0.3) is 0 Å². The van der Waals surface area contributed by atoms with Gasteiger partial charge in [0, 0.05) is 19.0 Å². The van der Waals surface area contributed by atoms with Crippen LogP contribution in [0.1, 0.15) is 36.8 Å². The van der Waals surface area contributed by atoms with Gasteiger partial charge in [0.15, 0.2) is 0 Å². The molecule has 34 heavy (non-hydrogen) atoms. The van der Waals surface area contributed by atoms with Gasteiger partial charge in [-0.25, -0.2) is 9.59 Å². The Morgan fingerprint density at radius 1 is 1.06 bits per heavy atom. The molecule has 2 atom stereocenters. The molecule has 2 N–H and O–H groups in total. The van der Waals surface area contributed by atoms with Crippen LogP contribution in [0.4, 0.5) is 4.79 Å². The maximum Gasteiger partial charge on any atom is 0.407 e. The number of amides is 2. The summed E-state index contributed by atoms with van der Waals surface area (Å²) in [6.45, 7) is 2.72. The molecule has 0 saturated carbocycles. The fourth-order valence-electron chi connectivity index (χ4n) is 4.79. The van der Waals surface area contributed by atoms with Gasteiger partial charge in [-0.05, 0) is 41.0 Å². The quantitative estimate of drug-likeness (QED) is 0.579. The lowest BCUT2D eigenvalue weighted by atomic mass is 9.92. The average molecular weight is 467 g/mol. The van der Waals surface area contributed by atoms with Crippen LogP contribution in [0.2, 0.25) is 0 Å². The molecule has 1 saturated heterocycles. The molecule has 2 aromatic carbocycles. The van der Waals surface area contributed by atoms with Gasteiger partial charge in [0.05, 0.1) is 6.61 Å². The van der Waals surface area contributed by atoms with Crippen LogP contribution in [0.5, 0.6) is 0 Å². The average Bonchev–Trinajstić information content (AvgIpc) is 3.16. The highest BCUT2D eigenvalue weighted by Gasteiger charge is 2.34. The lowest BCUT2D eigenvalue weighted by molar-refractivity contribution is -0.155. The van der Waals surface area contributed by atoms with Crippen LogP contribution in [-0.2, 0) is 19.1 Å². The fraction of sp³-hybridized carbons (Fsp3) is 0.423. The fourth-order valence-corrected chi connectivity index (χ4v) is 4.79. The molecular formula is C26H30N2O6. The summed E-state index contributed by atoms with van der Waals surface area (Å²) >= 11 is 0. The first-order valence-corrected chi connectivity index (χ1v) is 11.6. The number of carboxylic acids is 1. The van der Waals surface area contributed by atoms with Crippen LogP contribution >= 0.6 is 0 Å². The summed E-state index contributed by atoms with van der Waals surface area (Å²) in [7, 11) is 0. The Balaban J connectivity index is 1.19. The normalized spacial score (nSPS) is 19.3. The number of carbonyl (C=O) groups excluding carboxylic acids is 2. The minimum Gasteiger partial charge on any atom is -0.480 e. The molecule has 1 aliphatic carbocycles. The minimum absolute atomic E-state index is 0.0125. The zero-order valence-corrected chi connectivity index (χ0v) is 19.2. The Kier molecular flexibility index (Phi) is 7.47. The highest BCUT2D eigenvalue weighted by Crippen LogP contribution is 2.44. The Bertz CT molecular complexity index is 1010. The first-order valence-electron chi connectivity index (χ1n) is 11.6. The highest BCUT2D eigenvalue weighted by atomic mass is 16.5. The van der Waals surface area contributed by atoms with E-state index in [1.165, 1.54) is 16.0 Å². The molecule has 4 rings (SSSR count). The molecule has 2 amide bonds. The zero-order chi connectivity index (χ0) is 24.1. The molecule has 1 fully saturated rings. The largest absolute Gasteiger partial charge is 0.480 e. The van der Waals surface area contributed by atoms with E-state index in [-0.39, 0.29) is 44.1 Å². The van der Waals surface area contributed by atoms with Gasteiger partial charge in [-0.15, -0.1) is 0 Å². The summed E-state index contributed by atoms with van der Waals surface area (Å²) in [5.41, 5.74) is 4.62. The number of carbonyl (C=O) groups is 3. The number of alkyl carbamates (subject to hydrolysis) is 1. The standard InChI is InChI=1S/C26H30N2O6/c1-17-10-12-28(23(14-17)25(30)31)24(29)16-33-13-11-27-26(32)34-15-22-20-8-4-2-6-18(20)19-7-3-5-9-21(19)22/h2-9,17,22-23H,10-16H2,1H3,(H,27,32)(H,30,31). The molecule has 1 heterocycles. The molecule has 180 valence electrons. The SMILES string of the molecule is CC1CCN(C(=O)COCCNC(=O)OCC2c3ccccc3-c3ccccc32)C(C(=O)O)C1. The zero-order valence-electron chi connectivity index (χ0n) is 19.2. The van der Waals surface area contributed by atoms with Crippen molar-refractivity contribution < 1.29 is 29.0 Å².